The van der Waals surface area contributed by atoms with E-state index in [2.05, 4.69) is 20.4 Å². The lowest BCUT2D eigenvalue weighted by Gasteiger charge is -2.25. The molecule has 0 bridgehead atoms. The molecule has 98 valence electrons. The van der Waals surface area contributed by atoms with E-state index in [0.29, 0.717) is 12.8 Å². The molecule has 3 heteroatoms. The van der Waals surface area contributed by atoms with E-state index in [0.717, 1.165) is 16.9 Å². The highest BCUT2D eigenvalue weighted by molar-refractivity contribution is 5.52. The molecule has 1 atom stereocenters. The third-order valence-corrected chi connectivity index (χ3v) is 3.70. The second-order valence-corrected chi connectivity index (χ2v) is 5.31. The summed E-state index contributed by atoms with van der Waals surface area (Å²) in [5.74, 6) is 1.10. The van der Waals surface area contributed by atoms with E-state index in [1.807, 2.05) is 6.07 Å². The summed E-state index contributed by atoms with van der Waals surface area (Å²) >= 11 is 0. The molecule has 1 aromatic carbocycles. The SMILES string of the molecule is C=CCc1cc2c(cc1O)C(C)(C)[C@@H](CCO)O2. The Bertz CT molecular complexity index is 463. The van der Waals surface area contributed by atoms with Crippen LogP contribution in [0.2, 0.25) is 0 Å². The largest absolute Gasteiger partial charge is 0.508 e. The minimum absolute atomic E-state index is 0.0455. The van der Waals surface area contributed by atoms with Crippen molar-refractivity contribution in [2.24, 2.45) is 0 Å². The topological polar surface area (TPSA) is 49.7 Å². The Labute approximate surface area is 108 Å². The molecule has 2 rings (SSSR count). The second-order valence-electron chi connectivity index (χ2n) is 5.31. The molecule has 0 aliphatic carbocycles. The second kappa shape index (κ2) is 4.65. The minimum Gasteiger partial charge on any atom is -0.508 e. The van der Waals surface area contributed by atoms with Gasteiger partial charge in [-0.25, -0.2) is 0 Å². The Hall–Kier alpha value is -1.48. The van der Waals surface area contributed by atoms with Crippen molar-refractivity contribution in [2.45, 2.75) is 38.2 Å². The van der Waals surface area contributed by atoms with Crippen LogP contribution in [0.25, 0.3) is 0 Å². The highest BCUT2D eigenvalue weighted by atomic mass is 16.5. The van der Waals surface area contributed by atoms with Crippen molar-refractivity contribution in [3.8, 4) is 11.5 Å². The van der Waals surface area contributed by atoms with Gasteiger partial charge in [0.05, 0.1) is 0 Å². The predicted molar refractivity (Wildman–Crippen MR) is 71.2 cm³/mol. The summed E-state index contributed by atoms with van der Waals surface area (Å²) in [5.41, 5.74) is 1.64. The molecular formula is C15H20O3. The maximum atomic E-state index is 10.0. The monoisotopic (exact) mass is 248 g/mol. The first-order valence-electron chi connectivity index (χ1n) is 6.25. The van der Waals surface area contributed by atoms with Gasteiger partial charge < -0.3 is 14.9 Å². The van der Waals surface area contributed by atoms with Crippen molar-refractivity contribution in [3.05, 3.63) is 35.9 Å². The number of fused-ring (bicyclic) bond motifs is 1. The van der Waals surface area contributed by atoms with Crippen LogP contribution < -0.4 is 4.74 Å². The van der Waals surface area contributed by atoms with Crippen molar-refractivity contribution in [3.63, 3.8) is 0 Å². The first kappa shape index (κ1) is 13.0. The number of aliphatic hydroxyl groups is 1. The van der Waals surface area contributed by atoms with E-state index >= 15 is 0 Å². The maximum Gasteiger partial charge on any atom is 0.124 e. The standard InChI is InChI=1S/C15H20O3/c1-4-5-10-8-13-11(9-12(10)17)15(2,3)14(18-13)6-7-16/h4,8-9,14,16-17H,1,5-7H2,2-3H3/t14-/m1/s1. The first-order chi connectivity index (χ1) is 8.50. The van der Waals surface area contributed by atoms with Crippen LogP contribution in [-0.2, 0) is 11.8 Å². The molecule has 1 aliphatic heterocycles. The maximum absolute atomic E-state index is 10.0. The smallest absolute Gasteiger partial charge is 0.124 e. The van der Waals surface area contributed by atoms with Crippen LogP contribution >= 0.6 is 0 Å². The quantitative estimate of drug-likeness (QED) is 0.805. The van der Waals surface area contributed by atoms with E-state index in [-0.39, 0.29) is 23.9 Å². The lowest BCUT2D eigenvalue weighted by atomic mass is 9.79. The van der Waals surface area contributed by atoms with E-state index in [9.17, 15) is 5.11 Å². The molecule has 0 fully saturated rings. The molecule has 0 unspecified atom stereocenters. The Balaban J connectivity index is 2.41. The van der Waals surface area contributed by atoms with Crippen molar-refractivity contribution < 1.29 is 14.9 Å². The molecule has 1 aliphatic rings. The van der Waals surface area contributed by atoms with Gasteiger partial charge >= 0.3 is 0 Å². The third-order valence-electron chi connectivity index (χ3n) is 3.70. The summed E-state index contributed by atoms with van der Waals surface area (Å²) in [4.78, 5) is 0. The fourth-order valence-corrected chi connectivity index (χ4v) is 2.54. The van der Waals surface area contributed by atoms with Crippen LogP contribution in [0.1, 0.15) is 31.4 Å². The van der Waals surface area contributed by atoms with Crippen molar-refractivity contribution >= 4 is 0 Å². The number of allylic oxidation sites excluding steroid dienone is 1. The van der Waals surface area contributed by atoms with Gasteiger partial charge in [0, 0.05) is 29.6 Å². The van der Waals surface area contributed by atoms with E-state index in [1.165, 1.54) is 0 Å². The lowest BCUT2D eigenvalue weighted by Crippen LogP contribution is -2.32. The van der Waals surface area contributed by atoms with Gasteiger partial charge in [-0.15, -0.1) is 6.58 Å². The fraction of sp³-hybridized carbons (Fsp3) is 0.467. The highest BCUT2D eigenvalue weighted by Gasteiger charge is 2.41. The van der Waals surface area contributed by atoms with Crippen LogP contribution in [0.5, 0.6) is 11.5 Å². The number of ether oxygens (including phenoxy) is 1. The van der Waals surface area contributed by atoms with Crippen molar-refractivity contribution in [1.82, 2.24) is 0 Å². The van der Waals surface area contributed by atoms with Gasteiger partial charge in [-0.1, -0.05) is 19.9 Å². The number of phenolic OH excluding ortho intramolecular Hbond substituents is 1. The van der Waals surface area contributed by atoms with Crippen LogP contribution in [0, 0.1) is 0 Å². The molecule has 3 nitrogen and oxygen atoms in total. The highest BCUT2D eigenvalue weighted by Crippen LogP contribution is 2.46. The Kier molecular flexibility index (Phi) is 3.35. The molecular weight excluding hydrogens is 228 g/mol. The summed E-state index contributed by atoms with van der Waals surface area (Å²) in [7, 11) is 0. The summed E-state index contributed by atoms with van der Waals surface area (Å²) in [5, 5.41) is 19.1. The summed E-state index contributed by atoms with van der Waals surface area (Å²) < 4.78 is 5.90. The molecule has 18 heavy (non-hydrogen) atoms. The molecule has 0 aromatic heterocycles. The molecule has 1 heterocycles. The number of hydrogen-bond donors (Lipinski definition) is 2. The Morgan fingerprint density at radius 1 is 1.44 bits per heavy atom. The van der Waals surface area contributed by atoms with Gasteiger partial charge in [0.1, 0.15) is 17.6 Å². The van der Waals surface area contributed by atoms with Gasteiger partial charge in [-0.2, -0.15) is 0 Å². The zero-order chi connectivity index (χ0) is 13.3. The molecule has 0 amide bonds. The van der Waals surface area contributed by atoms with Crippen LogP contribution in [0.15, 0.2) is 24.8 Å². The number of aliphatic hydroxyl groups excluding tert-OH is 1. The fourth-order valence-electron chi connectivity index (χ4n) is 2.54. The molecule has 0 spiro atoms. The summed E-state index contributed by atoms with van der Waals surface area (Å²) in [6.45, 7) is 7.93. The molecule has 0 radical (unpaired) electrons. The predicted octanol–water partition coefficient (Wildman–Crippen LogP) is 2.54. The number of rotatable bonds is 4. The summed E-state index contributed by atoms with van der Waals surface area (Å²) in [6, 6.07) is 3.66. The molecule has 2 N–H and O–H groups in total. The number of hydrogen-bond acceptors (Lipinski definition) is 3. The molecule has 0 saturated carbocycles. The van der Waals surface area contributed by atoms with Crippen LogP contribution in [0.4, 0.5) is 0 Å². The van der Waals surface area contributed by atoms with Crippen LogP contribution in [0.3, 0.4) is 0 Å². The average Bonchev–Trinajstić information content (AvgIpc) is 2.54. The number of phenols is 1. The normalized spacial score (nSPS) is 20.3. The van der Waals surface area contributed by atoms with E-state index in [1.54, 1.807) is 12.1 Å². The third kappa shape index (κ3) is 1.99. The lowest BCUT2D eigenvalue weighted by molar-refractivity contribution is 0.125. The first-order valence-corrected chi connectivity index (χ1v) is 6.25. The molecule has 1 aromatic rings. The van der Waals surface area contributed by atoms with Gasteiger partial charge in [0.2, 0.25) is 0 Å². The van der Waals surface area contributed by atoms with Gasteiger partial charge in [0.25, 0.3) is 0 Å². The number of aromatic hydroxyl groups is 1. The van der Waals surface area contributed by atoms with Crippen LogP contribution in [-0.4, -0.2) is 22.9 Å². The average molecular weight is 248 g/mol. The Morgan fingerprint density at radius 3 is 2.78 bits per heavy atom. The minimum atomic E-state index is -0.192. The zero-order valence-corrected chi connectivity index (χ0v) is 10.9. The summed E-state index contributed by atoms with van der Waals surface area (Å²) in [6.07, 6.45) is 2.93. The van der Waals surface area contributed by atoms with E-state index < -0.39 is 0 Å². The Morgan fingerprint density at radius 2 is 2.17 bits per heavy atom. The van der Waals surface area contributed by atoms with Gasteiger partial charge in [0.15, 0.2) is 0 Å². The zero-order valence-electron chi connectivity index (χ0n) is 10.9. The van der Waals surface area contributed by atoms with Crippen molar-refractivity contribution in [1.29, 1.82) is 0 Å². The van der Waals surface area contributed by atoms with Gasteiger partial charge in [-0.3, -0.25) is 0 Å². The number of benzene rings is 1. The van der Waals surface area contributed by atoms with Gasteiger partial charge in [-0.05, 0) is 18.6 Å². The van der Waals surface area contributed by atoms with Crippen molar-refractivity contribution in [2.75, 3.05) is 6.61 Å². The molecule has 0 saturated heterocycles. The van der Waals surface area contributed by atoms with E-state index in [4.69, 9.17) is 9.84 Å².